The summed E-state index contributed by atoms with van der Waals surface area (Å²) in [7, 11) is 0. The molecule has 1 N–H and O–H groups in total. The summed E-state index contributed by atoms with van der Waals surface area (Å²) >= 11 is 6.13. The Morgan fingerprint density at radius 3 is 2.00 bits per heavy atom. The van der Waals surface area contributed by atoms with Gasteiger partial charge >= 0.3 is 0 Å². The minimum Gasteiger partial charge on any atom is -0.311 e. The van der Waals surface area contributed by atoms with Gasteiger partial charge in [-0.05, 0) is 80.7 Å². The van der Waals surface area contributed by atoms with E-state index < -0.39 is 0 Å². The molecule has 41 heavy (non-hydrogen) atoms. The van der Waals surface area contributed by atoms with E-state index in [1.165, 1.54) is 53.9 Å². The van der Waals surface area contributed by atoms with Gasteiger partial charge < -0.3 is 10.2 Å². The molecule has 2 aliphatic heterocycles. The summed E-state index contributed by atoms with van der Waals surface area (Å²) in [6.07, 6.45) is 7.14. The quantitative estimate of drug-likeness (QED) is 0.214. The van der Waals surface area contributed by atoms with Crippen LogP contribution in [-0.2, 0) is 25.0 Å². The summed E-state index contributed by atoms with van der Waals surface area (Å²) in [4.78, 5) is 5.17. The fraction of sp³-hybridized carbons (Fsp3) is 0.400. The van der Waals surface area contributed by atoms with Crippen LogP contribution in [0.3, 0.4) is 0 Å². The highest BCUT2D eigenvalue weighted by Gasteiger charge is 2.37. The topological polar surface area (TPSA) is 36.3 Å². The van der Waals surface area contributed by atoms with Crippen LogP contribution in [0.4, 0.5) is 0 Å². The third-order valence-corrected chi connectivity index (χ3v) is 9.29. The lowest BCUT2D eigenvalue weighted by Gasteiger charge is -2.43. The van der Waals surface area contributed by atoms with Gasteiger partial charge in [-0.1, -0.05) is 84.4 Å². The van der Waals surface area contributed by atoms with E-state index in [9.17, 15) is 0 Å². The normalized spacial score (nSPS) is 17.7. The standard InChI is InChI=1S/C35H42ClN5/c36-33-15-13-29(14-16-33)26-41-27-30(25-37-19-24-39-20-7-8-21-39)34(38-41)28-40-22-17-35(18-23-40,31-9-3-1-4-10-31)32-11-5-2-6-12-32/h1-6,9-16,27,37H,7-8,17-26,28H2. The van der Waals surface area contributed by atoms with Crippen LogP contribution in [-0.4, -0.2) is 58.8 Å². The molecular formula is C35H42ClN5. The Balaban J connectivity index is 1.16. The van der Waals surface area contributed by atoms with Crippen molar-refractivity contribution in [3.8, 4) is 0 Å². The molecule has 2 aliphatic rings. The molecule has 0 aliphatic carbocycles. The number of hydrogen-bond acceptors (Lipinski definition) is 4. The molecule has 4 aromatic rings. The average Bonchev–Trinajstić information content (AvgIpc) is 3.68. The van der Waals surface area contributed by atoms with Crippen molar-refractivity contribution >= 4 is 11.6 Å². The highest BCUT2D eigenvalue weighted by molar-refractivity contribution is 6.30. The van der Waals surface area contributed by atoms with Crippen molar-refractivity contribution in [2.45, 2.75) is 50.7 Å². The maximum absolute atomic E-state index is 6.13. The molecule has 6 heteroatoms. The van der Waals surface area contributed by atoms with Gasteiger partial charge in [-0.3, -0.25) is 9.58 Å². The Labute approximate surface area is 250 Å². The third kappa shape index (κ3) is 6.92. The van der Waals surface area contributed by atoms with Crippen molar-refractivity contribution in [3.63, 3.8) is 0 Å². The lowest BCUT2D eigenvalue weighted by atomic mass is 9.68. The van der Waals surface area contributed by atoms with Crippen LogP contribution in [0.1, 0.15) is 53.6 Å². The molecule has 0 unspecified atom stereocenters. The van der Waals surface area contributed by atoms with Gasteiger partial charge in [0.25, 0.3) is 0 Å². The first-order valence-electron chi connectivity index (χ1n) is 15.2. The lowest BCUT2D eigenvalue weighted by molar-refractivity contribution is 0.170. The zero-order chi connectivity index (χ0) is 27.9. The van der Waals surface area contributed by atoms with Crippen molar-refractivity contribution in [2.24, 2.45) is 0 Å². The first-order chi connectivity index (χ1) is 20.2. The number of rotatable bonds is 11. The average molecular weight is 568 g/mol. The second-order valence-corrected chi connectivity index (χ2v) is 12.2. The molecule has 2 fully saturated rings. The molecule has 1 aromatic heterocycles. The molecular weight excluding hydrogens is 526 g/mol. The van der Waals surface area contributed by atoms with Gasteiger partial charge in [-0.25, -0.2) is 0 Å². The van der Waals surface area contributed by atoms with E-state index in [2.05, 4.69) is 98.8 Å². The van der Waals surface area contributed by atoms with Gasteiger partial charge in [0.15, 0.2) is 0 Å². The number of hydrogen-bond donors (Lipinski definition) is 1. The largest absolute Gasteiger partial charge is 0.311 e. The number of nitrogens with one attached hydrogen (secondary N) is 1. The van der Waals surface area contributed by atoms with E-state index in [0.717, 1.165) is 63.7 Å². The molecule has 3 aromatic carbocycles. The zero-order valence-corrected chi connectivity index (χ0v) is 24.8. The van der Waals surface area contributed by atoms with E-state index >= 15 is 0 Å². The molecule has 0 bridgehead atoms. The van der Waals surface area contributed by atoms with Crippen molar-refractivity contribution in [3.05, 3.63) is 124 Å². The predicted octanol–water partition coefficient (Wildman–Crippen LogP) is 6.35. The summed E-state index contributed by atoms with van der Waals surface area (Å²) in [6.45, 7) is 9.23. The van der Waals surface area contributed by atoms with Gasteiger partial charge in [0.05, 0.1) is 12.2 Å². The first-order valence-corrected chi connectivity index (χ1v) is 15.6. The smallest absolute Gasteiger partial charge is 0.0809 e. The van der Waals surface area contributed by atoms with Gasteiger partial charge in [0.1, 0.15) is 0 Å². The van der Waals surface area contributed by atoms with Crippen LogP contribution in [0, 0.1) is 0 Å². The molecule has 0 radical (unpaired) electrons. The summed E-state index contributed by atoms with van der Waals surface area (Å²) in [5, 5.41) is 9.61. The number of piperidine rings is 1. The van der Waals surface area contributed by atoms with E-state index in [4.69, 9.17) is 16.7 Å². The molecule has 3 heterocycles. The molecule has 0 amide bonds. The van der Waals surface area contributed by atoms with Crippen LogP contribution < -0.4 is 5.32 Å². The number of nitrogens with zero attached hydrogens (tertiary/aromatic N) is 4. The Kier molecular flexibility index (Phi) is 9.17. The SMILES string of the molecule is Clc1ccc(Cn2cc(CNCCN3CCCC3)c(CN3CCC(c4ccccc4)(c4ccccc4)CC3)n2)cc1. The van der Waals surface area contributed by atoms with Crippen LogP contribution in [0.25, 0.3) is 0 Å². The van der Waals surface area contributed by atoms with E-state index in [1.54, 1.807) is 0 Å². The number of likely N-dealkylation sites (tertiary alicyclic amines) is 2. The molecule has 5 nitrogen and oxygen atoms in total. The molecule has 6 rings (SSSR count). The van der Waals surface area contributed by atoms with Gasteiger partial charge in [-0.2, -0.15) is 5.10 Å². The number of benzene rings is 3. The van der Waals surface area contributed by atoms with Crippen molar-refractivity contribution in [1.82, 2.24) is 24.9 Å². The van der Waals surface area contributed by atoms with Gasteiger partial charge in [0.2, 0.25) is 0 Å². The first kappa shape index (κ1) is 28.2. The van der Waals surface area contributed by atoms with E-state index in [-0.39, 0.29) is 5.41 Å². The molecule has 0 atom stereocenters. The Hall–Kier alpha value is -2.96. The molecule has 2 saturated heterocycles. The maximum Gasteiger partial charge on any atom is 0.0809 e. The zero-order valence-electron chi connectivity index (χ0n) is 24.0. The van der Waals surface area contributed by atoms with Crippen molar-refractivity contribution < 1.29 is 0 Å². The van der Waals surface area contributed by atoms with Crippen molar-refractivity contribution in [2.75, 3.05) is 39.3 Å². The minimum absolute atomic E-state index is 0.0624. The van der Waals surface area contributed by atoms with Crippen LogP contribution in [0.15, 0.2) is 91.1 Å². The monoisotopic (exact) mass is 567 g/mol. The van der Waals surface area contributed by atoms with Crippen LogP contribution >= 0.6 is 11.6 Å². The van der Waals surface area contributed by atoms with Crippen LogP contribution in [0.2, 0.25) is 5.02 Å². The van der Waals surface area contributed by atoms with E-state index in [0.29, 0.717) is 0 Å². The molecule has 0 saturated carbocycles. The molecule has 214 valence electrons. The highest BCUT2D eigenvalue weighted by Crippen LogP contribution is 2.42. The van der Waals surface area contributed by atoms with Crippen LogP contribution in [0.5, 0.6) is 0 Å². The Morgan fingerprint density at radius 2 is 1.37 bits per heavy atom. The summed E-state index contributed by atoms with van der Waals surface area (Å²) < 4.78 is 2.11. The van der Waals surface area contributed by atoms with Crippen molar-refractivity contribution in [1.29, 1.82) is 0 Å². The number of halogens is 1. The minimum atomic E-state index is 0.0624. The lowest BCUT2D eigenvalue weighted by Crippen LogP contribution is -2.43. The number of aromatic nitrogens is 2. The Morgan fingerprint density at radius 1 is 0.732 bits per heavy atom. The highest BCUT2D eigenvalue weighted by atomic mass is 35.5. The van der Waals surface area contributed by atoms with Gasteiger partial charge in [-0.15, -0.1) is 0 Å². The second kappa shape index (κ2) is 13.3. The maximum atomic E-state index is 6.13. The summed E-state index contributed by atoms with van der Waals surface area (Å²) in [6, 6.07) is 30.3. The molecule has 0 spiro atoms. The second-order valence-electron chi connectivity index (χ2n) is 11.7. The fourth-order valence-corrected chi connectivity index (χ4v) is 6.80. The van der Waals surface area contributed by atoms with Gasteiger partial charge in [0, 0.05) is 48.4 Å². The summed E-state index contributed by atoms with van der Waals surface area (Å²) in [5.74, 6) is 0. The predicted molar refractivity (Wildman–Crippen MR) is 168 cm³/mol. The fourth-order valence-electron chi connectivity index (χ4n) is 6.67. The van der Waals surface area contributed by atoms with E-state index in [1.807, 2.05) is 12.1 Å². The third-order valence-electron chi connectivity index (χ3n) is 9.04. The Bertz CT molecular complexity index is 1310. The summed E-state index contributed by atoms with van der Waals surface area (Å²) in [5.41, 5.74) is 6.64.